The lowest BCUT2D eigenvalue weighted by atomic mass is 9.98. The molecule has 0 bridgehead atoms. The van der Waals surface area contributed by atoms with Crippen molar-refractivity contribution in [3.63, 3.8) is 0 Å². The van der Waals surface area contributed by atoms with Crippen LogP contribution in [0.5, 0.6) is 0 Å². The number of morpholine rings is 1. The lowest BCUT2D eigenvalue weighted by molar-refractivity contribution is 0.122. The van der Waals surface area contributed by atoms with E-state index in [1.165, 1.54) is 16.9 Å². The molecular formula is C24H24N4O. The van der Waals surface area contributed by atoms with Gasteiger partial charge in [0.1, 0.15) is 6.67 Å². The van der Waals surface area contributed by atoms with E-state index in [1.54, 1.807) is 0 Å². The summed E-state index contributed by atoms with van der Waals surface area (Å²) >= 11 is 0. The van der Waals surface area contributed by atoms with Gasteiger partial charge in [-0.15, -0.1) is 0 Å². The van der Waals surface area contributed by atoms with E-state index < -0.39 is 0 Å². The molecule has 2 aliphatic rings. The zero-order chi connectivity index (χ0) is 19.6. The highest BCUT2D eigenvalue weighted by molar-refractivity contribution is 5.99. The van der Waals surface area contributed by atoms with E-state index >= 15 is 0 Å². The minimum Gasteiger partial charge on any atom is -0.399 e. The predicted octanol–water partition coefficient (Wildman–Crippen LogP) is 4.30. The fraction of sp³-hybridized carbons (Fsp3) is 0.208. The smallest absolute Gasteiger partial charge is 0.114 e. The molecule has 5 heteroatoms. The number of nitrogens with two attached hydrogens (primary N) is 1. The number of para-hydroxylation sites is 1. The van der Waals surface area contributed by atoms with E-state index in [9.17, 15) is 0 Å². The average Bonchev–Trinajstić information content (AvgIpc) is 2.79. The number of nitrogen functional groups attached to an aromatic ring is 1. The molecule has 3 aromatic carbocycles. The Hall–Kier alpha value is -3.31. The van der Waals surface area contributed by atoms with Crippen molar-refractivity contribution in [2.45, 2.75) is 0 Å². The van der Waals surface area contributed by atoms with Gasteiger partial charge in [0.2, 0.25) is 0 Å². The molecule has 0 atom stereocenters. The predicted molar refractivity (Wildman–Crippen MR) is 120 cm³/mol. The molecule has 5 nitrogen and oxygen atoms in total. The highest BCUT2D eigenvalue weighted by Gasteiger charge is 2.21. The molecule has 0 aliphatic carbocycles. The third-order valence-corrected chi connectivity index (χ3v) is 5.53. The van der Waals surface area contributed by atoms with Crippen molar-refractivity contribution in [3.8, 4) is 11.1 Å². The van der Waals surface area contributed by atoms with Crippen molar-refractivity contribution in [3.05, 3.63) is 72.3 Å². The molecule has 1 fully saturated rings. The summed E-state index contributed by atoms with van der Waals surface area (Å²) in [5.41, 5.74) is 13.8. The molecule has 0 amide bonds. The number of hydrogen-bond acceptors (Lipinski definition) is 5. The fourth-order valence-electron chi connectivity index (χ4n) is 4.07. The van der Waals surface area contributed by atoms with Gasteiger partial charge in [-0.3, -0.25) is 4.99 Å². The number of aliphatic imine (C=N–C) groups is 1. The molecule has 2 N–H and O–H groups in total. The van der Waals surface area contributed by atoms with Gasteiger partial charge in [0, 0.05) is 47.5 Å². The first-order valence-electron chi connectivity index (χ1n) is 9.99. The van der Waals surface area contributed by atoms with Gasteiger partial charge in [0.25, 0.3) is 0 Å². The molecule has 29 heavy (non-hydrogen) atoms. The standard InChI is InChI=1S/C24H24N4O/c25-20-5-1-3-18(15-20)23-6-2-4-19-16-26-17-28(24(19)23)22-9-7-21(8-10-22)27-11-13-29-14-12-27/h1-10,15-16H,11-14,17,25H2. The number of nitrogens with zero attached hydrogens (tertiary/aromatic N) is 3. The van der Waals surface area contributed by atoms with Crippen LogP contribution >= 0.6 is 0 Å². The Bertz CT molecular complexity index is 1040. The van der Waals surface area contributed by atoms with E-state index in [0.29, 0.717) is 6.67 Å². The molecule has 146 valence electrons. The molecule has 2 heterocycles. The zero-order valence-corrected chi connectivity index (χ0v) is 16.3. The van der Waals surface area contributed by atoms with Crippen LogP contribution in [-0.2, 0) is 4.74 Å². The Morgan fingerprint density at radius 1 is 0.862 bits per heavy atom. The van der Waals surface area contributed by atoms with Crippen molar-refractivity contribution in [1.29, 1.82) is 0 Å². The van der Waals surface area contributed by atoms with Gasteiger partial charge in [-0.2, -0.15) is 0 Å². The van der Waals surface area contributed by atoms with Crippen LogP contribution in [0.1, 0.15) is 5.56 Å². The SMILES string of the molecule is Nc1cccc(-c2cccc3c2N(c2ccc(N4CCOCC4)cc2)CN=C3)c1. The maximum absolute atomic E-state index is 6.05. The fourth-order valence-corrected chi connectivity index (χ4v) is 4.07. The van der Waals surface area contributed by atoms with Gasteiger partial charge in [0.15, 0.2) is 0 Å². The first-order chi connectivity index (χ1) is 14.3. The largest absolute Gasteiger partial charge is 0.399 e. The van der Waals surface area contributed by atoms with Crippen molar-refractivity contribution in [1.82, 2.24) is 0 Å². The topological polar surface area (TPSA) is 54.1 Å². The quantitative estimate of drug-likeness (QED) is 0.684. The van der Waals surface area contributed by atoms with Crippen molar-refractivity contribution >= 4 is 29.0 Å². The Morgan fingerprint density at radius 2 is 1.62 bits per heavy atom. The molecule has 0 radical (unpaired) electrons. The third-order valence-electron chi connectivity index (χ3n) is 5.53. The minimum atomic E-state index is 0.600. The minimum absolute atomic E-state index is 0.600. The molecule has 0 saturated carbocycles. The first kappa shape index (κ1) is 17.8. The highest BCUT2D eigenvalue weighted by atomic mass is 16.5. The van der Waals surface area contributed by atoms with E-state index in [4.69, 9.17) is 10.5 Å². The number of fused-ring (bicyclic) bond motifs is 1. The van der Waals surface area contributed by atoms with Crippen LogP contribution in [-0.4, -0.2) is 39.2 Å². The summed E-state index contributed by atoms with van der Waals surface area (Å²) in [6, 6.07) is 23.2. The van der Waals surface area contributed by atoms with Crippen LogP contribution < -0.4 is 15.5 Å². The molecule has 1 saturated heterocycles. The molecular weight excluding hydrogens is 360 g/mol. The van der Waals surface area contributed by atoms with E-state index in [1.807, 2.05) is 24.4 Å². The van der Waals surface area contributed by atoms with E-state index in [0.717, 1.165) is 48.8 Å². The highest BCUT2D eigenvalue weighted by Crippen LogP contribution is 2.39. The Kier molecular flexibility index (Phi) is 4.66. The van der Waals surface area contributed by atoms with Crippen molar-refractivity contribution in [2.75, 3.05) is 48.5 Å². The number of hydrogen-bond donors (Lipinski definition) is 1. The normalized spacial score (nSPS) is 16.0. The van der Waals surface area contributed by atoms with Gasteiger partial charge in [0.05, 0.1) is 18.9 Å². The van der Waals surface area contributed by atoms with Gasteiger partial charge in [-0.05, 0) is 42.0 Å². The molecule has 5 rings (SSSR count). The number of benzene rings is 3. The summed E-state index contributed by atoms with van der Waals surface area (Å²) in [5, 5.41) is 0. The van der Waals surface area contributed by atoms with Crippen LogP contribution in [0.3, 0.4) is 0 Å². The van der Waals surface area contributed by atoms with Crippen LogP contribution in [0, 0.1) is 0 Å². The van der Waals surface area contributed by atoms with E-state index in [-0.39, 0.29) is 0 Å². The number of ether oxygens (including phenoxy) is 1. The number of anilines is 4. The Balaban J connectivity index is 1.53. The lowest BCUT2D eigenvalue weighted by Gasteiger charge is -2.32. The van der Waals surface area contributed by atoms with Gasteiger partial charge >= 0.3 is 0 Å². The Morgan fingerprint density at radius 3 is 2.41 bits per heavy atom. The van der Waals surface area contributed by atoms with Gasteiger partial charge in [-0.25, -0.2) is 0 Å². The second-order valence-electron chi connectivity index (χ2n) is 7.37. The maximum Gasteiger partial charge on any atom is 0.114 e. The second kappa shape index (κ2) is 7.60. The maximum atomic E-state index is 6.05. The zero-order valence-electron chi connectivity index (χ0n) is 16.3. The lowest BCUT2D eigenvalue weighted by Crippen LogP contribution is -2.36. The molecule has 0 aromatic heterocycles. The van der Waals surface area contributed by atoms with Crippen molar-refractivity contribution in [2.24, 2.45) is 4.99 Å². The average molecular weight is 384 g/mol. The van der Waals surface area contributed by atoms with Gasteiger partial charge < -0.3 is 20.3 Å². The van der Waals surface area contributed by atoms with Crippen molar-refractivity contribution < 1.29 is 4.74 Å². The summed E-state index contributed by atoms with van der Waals surface area (Å²) in [6.45, 7) is 4.06. The molecule has 2 aliphatic heterocycles. The Labute approximate surface area is 171 Å². The molecule has 3 aromatic rings. The first-order valence-corrected chi connectivity index (χ1v) is 9.99. The molecule has 0 unspecified atom stereocenters. The second-order valence-corrected chi connectivity index (χ2v) is 7.37. The van der Waals surface area contributed by atoms with E-state index in [2.05, 4.69) is 63.3 Å². The monoisotopic (exact) mass is 384 g/mol. The van der Waals surface area contributed by atoms with Crippen LogP contribution in [0.25, 0.3) is 11.1 Å². The van der Waals surface area contributed by atoms with Crippen LogP contribution in [0.2, 0.25) is 0 Å². The molecule has 0 spiro atoms. The summed E-state index contributed by atoms with van der Waals surface area (Å²) in [4.78, 5) is 9.23. The summed E-state index contributed by atoms with van der Waals surface area (Å²) in [6.07, 6.45) is 1.96. The number of rotatable bonds is 3. The van der Waals surface area contributed by atoms with Crippen LogP contribution in [0.15, 0.2) is 71.7 Å². The van der Waals surface area contributed by atoms with Crippen LogP contribution in [0.4, 0.5) is 22.7 Å². The third kappa shape index (κ3) is 3.45. The summed E-state index contributed by atoms with van der Waals surface area (Å²) < 4.78 is 5.47. The summed E-state index contributed by atoms with van der Waals surface area (Å²) in [7, 11) is 0. The van der Waals surface area contributed by atoms with Gasteiger partial charge in [-0.1, -0.05) is 30.3 Å². The summed E-state index contributed by atoms with van der Waals surface area (Å²) in [5.74, 6) is 0.